The highest BCUT2D eigenvalue weighted by molar-refractivity contribution is 7.80. The van der Waals surface area contributed by atoms with E-state index in [2.05, 4.69) is 10.3 Å². The van der Waals surface area contributed by atoms with Gasteiger partial charge in [0.15, 0.2) is 0 Å². The van der Waals surface area contributed by atoms with Gasteiger partial charge in [0.05, 0.1) is 6.42 Å². The maximum Gasteiger partial charge on any atom is 0.391 e. The van der Waals surface area contributed by atoms with Gasteiger partial charge in [-0.15, -0.1) is 0 Å². The molecule has 0 aliphatic carbocycles. The molecule has 0 saturated carbocycles. The fourth-order valence-corrected chi connectivity index (χ4v) is 1.49. The zero-order chi connectivity index (χ0) is 14.6. The van der Waals surface area contributed by atoms with Crippen molar-refractivity contribution in [3.63, 3.8) is 0 Å². The van der Waals surface area contributed by atoms with E-state index in [1.165, 1.54) is 25.3 Å². The van der Waals surface area contributed by atoms with Gasteiger partial charge < -0.3 is 11.1 Å². The van der Waals surface area contributed by atoms with Crippen LogP contribution in [0.5, 0.6) is 0 Å². The van der Waals surface area contributed by atoms with E-state index in [-0.39, 0.29) is 10.7 Å². The second-order valence-electron chi connectivity index (χ2n) is 3.99. The van der Waals surface area contributed by atoms with Crippen molar-refractivity contribution in [1.29, 1.82) is 0 Å². The molecule has 0 aliphatic rings. The third-order valence-corrected chi connectivity index (χ3v) is 2.43. The summed E-state index contributed by atoms with van der Waals surface area (Å²) in [5, 5.41) is 2.22. The molecule has 1 unspecified atom stereocenters. The van der Waals surface area contributed by atoms with Gasteiger partial charge in [-0.1, -0.05) is 12.2 Å². The molecule has 0 bridgehead atoms. The first-order chi connectivity index (χ1) is 8.69. The summed E-state index contributed by atoms with van der Waals surface area (Å²) in [6, 6.07) is 1.81. The minimum Gasteiger partial charge on any atom is -0.389 e. The van der Waals surface area contributed by atoms with Gasteiger partial charge in [0.1, 0.15) is 10.7 Å². The average Bonchev–Trinajstić information content (AvgIpc) is 2.26. The SMILES string of the molecule is CC(CC(F)(F)F)NC(=O)c1ccc(C(N)=S)cn1. The van der Waals surface area contributed by atoms with Crippen molar-refractivity contribution in [3.05, 3.63) is 29.6 Å². The van der Waals surface area contributed by atoms with Crippen LogP contribution in [0.15, 0.2) is 18.3 Å². The monoisotopic (exact) mass is 291 g/mol. The number of nitrogens with one attached hydrogen (secondary N) is 1. The van der Waals surface area contributed by atoms with E-state index in [9.17, 15) is 18.0 Å². The summed E-state index contributed by atoms with van der Waals surface area (Å²) < 4.78 is 36.3. The molecule has 0 aliphatic heterocycles. The Balaban J connectivity index is 2.65. The Kier molecular flexibility index (Phi) is 4.82. The van der Waals surface area contributed by atoms with E-state index in [1.54, 1.807) is 0 Å². The molecular weight excluding hydrogens is 279 g/mol. The summed E-state index contributed by atoms with van der Waals surface area (Å²) in [6.07, 6.45) is -4.12. The van der Waals surface area contributed by atoms with Crippen LogP contribution in [-0.2, 0) is 0 Å². The second-order valence-corrected chi connectivity index (χ2v) is 4.43. The number of thiocarbonyl (C=S) groups is 1. The summed E-state index contributed by atoms with van der Waals surface area (Å²) in [5.41, 5.74) is 5.85. The van der Waals surface area contributed by atoms with Gasteiger partial charge in [-0.05, 0) is 19.1 Å². The molecule has 1 amide bonds. The number of alkyl halides is 3. The van der Waals surface area contributed by atoms with Gasteiger partial charge in [0.2, 0.25) is 0 Å². The molecule has 1 atom stereocenters. The Morgan fingerprint density at radius 3 is 2.58 bits per heavy atom. The molecule has 1 aromatic heterocycles. The number of pyridine rings is 1. The lowest BCUT2D eigenvalue weighted by molar-refractivity contribution is -0.138. The van der Waals surface area contributed by atoms with E-state index >= 15 is 0 Å². The lowest BCUT2D eigenvalue weighted by Crippen LogP contribution is -2.36. The van der Waals surface area contributed by atoms with Crippen LogP contribution in [0.3, 0.4) is 0 Å². The van der Waals surface area contributed by atoms with Gasteiger partial charge in [-0.3, -0.25) is 9.78 Å². The fraction of sp³-hybridized carbons (Fsp3) is 0.364. The molecule has 0 radical (unpaired) electrons. The molecule has 0 fully saturated rings. The van der Waals surface area contributed by atoms with Gasteiger partial charge in [0, 0.05) is 17.8 Å². The first-order valence-corrected chi connectivity index (χ1v) is 5.73. The van der Waals surface area contributed by atoms with Crippen LogP contribution in [0.1, 0.15) is 29.4 Å². The standard InChI is InChI=1S/C11H12F3N3OS/c1-6(4-11(12,13)14)17-10(18)8-3-2-7(5-16-8)9(15)19/h2-3,5-6H,4H2,1H3,(H2,15,19)(H,17,18). The number of carbonyl (C=O) groups is 1. The molecule has 1 rings (SSSR count). The number of hydrogen-bond donors (Lipinski definition) is 2. The van der Waals surface area contributed by atoms with Crippen molar-refractivity contribution in [3.8, 4) is 0 Å². The first kappa shape index (κ1) is 15.4. The van der Waals surface area contributed by atoms with E-state index in [0.717, 1.165) is 0 Å². The number of amides is 1. The number of carbonyl (C=O) groups excluding carboxylic acids is 1. The third-order valence-electron chi connectivity index (χ3n) is 2.20. The molecule has 104 valence electrons. The number of rotatable bonds is 4. The zero-order valence-corrected chi connectivity index (χ0v) is 10.8. The Hall–Kier alpha value is -1.70. The van der Waals surface area contributed by atoms with Crippen LogP contribution >= 0.6 is 12.2 Å². The quantitative estimate of drug-likeness (QED) is 0.830. The summed E-state index contributed by atoms with van der Waals surface area (Å²) >= 11 is 4.71. The van der Waals surface area contributed by atoms with Crippen molar-refractivity contribution in [2.24, 2.45) is 5.73 Å². The van der Waals surface area contributed by atoms with Crippen LogP contribution in [0, 0.1) is 0 Å². The summed E-state index contributed by atoms with van der Waals surface area (Å²) in [4.78, 5) is 15.5. The highest BCUT2D eigenvalue weighted by Crippen LogP contribution is 2.21. The molecule has 1 heterocycles. The lowest BCUT2D eigenvalue weighted by atomic mass is 10.2. The van der Waals surface area contributed by atoms with Crippen LogP contribution in [0.4, 0.5) is 13.2 Å². The Bertz CT molecular complexity index is 473. The van der Waals surface area contributed by atoms with E-state index in [0.29, 0.717) is 5.56 Å². The number of aromatic nitrogens is 1. The normalized spacial score (nSPS) is 12.8. The van der Waals surface area contributed by atoms with Gasteiger partial charge >= 0.3 is 6.18 Å². The molecule has 0 aromatic carbocycles. The maximum absolute atomic E-state index is 12.1. The summed E-state index contributed by atoms with van der Waals surface area (Å²) in [7, 11) is 0. The van der Waals surface area contributed by atoms with Crippen molar-refractivity contribution in [1.82, 2.24) is 10.3 Å². The largest absolute Gasteiger partial charge is 0.391 e. The molecule has 0 saturated heterocycles. The summed E-state index contributed by atoms with van der Waals surface area (Å²) in [6.45, 7) is 1.27. The highest BCUT2D eigenvalue weighted by atomic mass is 32.1. The highest BCUT2D eigenvalue weighted by Gasteiger charge is 2.30. The van der Waals surface area contributed by atoms with Gasteiger partial charge in [0.25, 0.3) is 5.91 Å². The maximum atomic E-state index is 12.1. The third kappa shape index (κ3) is 5.21. The first-order valence-electron chi connectivity index (χ1n) is 5.32. The van der Waals surface area contributed by atoms with E-state index in [1.807, 2.05) is 0 Å². The minimum absolute atomic E-state index is 0.00836. The molecule has 19 heavy (non-hydrogen) atoms. The molecule has 1 aromatic rings. The van der Waals surface area contributed by atoms with Crippen LogP contribution < -0.4 is 11.1 Å². The number of halogens is 3. The van der Waals surface area contributed by atoms with Crippen molar-refractivity contribution >= 4 is 23.1 Å². The molecule has 0 spiro atoms. The predicted octanol–water partition coefficient (Wildman–Crippen LogP) is 1.79. The van der Waals surface area contributed by atoms with Crippen LogP contribution in [-0.4, -0.2) is 28.1 Å². The number of nitrogens with zero attached hydrogens (tertiary/aromatic N) is 1. The Morgan fingerprint density at radius 2 is 2.16 bits per heavy atom. The fourth-order valence-electron chi connectivity index (χ4n) is 1.37. The molecule has 4 nitrogen and oxygen atoms in total. The summed E-state index contributed by atoms with van der Waals surface area (Å²) in [5.74, 6) is -0.675. The van der Waals surface area contributed by atoms with E-state index < -0.39 is 24.5 Å². The van der Waals surface area contributed by atoms with E-state index in [4.69, 9.17) is 18.0 Å². The molecular formula is C11H12F3N3OS. The number of hydrogen-bond acceptors (Lipinski definition) is 3. The minimum atomic E-state index is -4.32. The van der Waals surface area contributed by atoms with Crippen molar-refractivity contribution in [2.75, 3.05) is 0 Å². The van der Waals surface area contributed by atoms with Gasteiger partial charge in [-0.25, -0.2) is 0 Å². The average molecular weight is 291 g/mol. The Labute approximate surface area is 113 Å². The predicted molar refractivity (Wildman–Crippen MR) is 67.7 cm³/mol. The smallest absolute Gasteiger partial charge is 0.389 e. The Morgan fingerprint density at radius 1 is 1.53 bits per heavy atom. The number of nitrogens with two attached hydrogens (primary N) is 1. The van der Waals surface area contributed by atoms with Crippen molar-refractivity contribution in [2.45, 2.75) is 25.6 Å². The second kappa shape index (κ2) is 5.96. The van der Waals surface area contributed by atoms with Crippen LogP contribution in [0.25, 0.3) is 0 Å². The van der Waals surface area contributed by atoms with Crippen molar-refractivity contribution < 1.29 is 18.0 Å². The topological polar surface area (TPSA) is 68.0 Å². The van der Waals surface area contributed by atoms with Crippen LogP contribution in [0.2, 0.25) is 0 Å². The van der Waals surface area contributed by atoms with Gasteiger partial charge in [-0.2, -0.15) is 13.2 Å². The molecule has 3 N–H and O–H groups in total. The zero-order valence-electron chi connectivity index (χ0n) is 9.99. The molecule has 8 heteroatoms. The lowest BCUT2D eigenvalue weighted by Gasteiger charge is -2.15.